The molecule has 11 heteroatoms. The van der Waals surface area contributed by atoms with E-state index in [0.717, 1.165) is 5.56 Å². The summed E-state index contributed by atoms with van der Waals surface area (Å²) in [7, 11) is 0. The van der Waals surface area contributed by atoms with E-state index in [1.165, 1.54) is 9.80 Å². The fourth-order valence-electron chi connectivity index (χ4n) is 7.49. The first-order valence-corrected chi connectivity index (χ1v) is 17.0. The Kier molecular flexibility index (Phi) is 10.3. The Bertz CT molecular complexity index is 1480. The molecule has 3 saturated heterocycles. The third-order valence-corrected chi connectivity index (χ3v) is 10.5. The van der Waals surface area contributed by atoms with Crippen molar-refractivity contribution in [2.45, 2.75) is 62.2 Å². The monoisotopic (exact) mass is 713 g/mol. The zero-order chi connectivity index (χ0) is 33.3. The molecule has 3 fully saturated rings. The molecule has 3 aliphatic rings. The summed E-state index contributed by atoms with van der Waals surface area (Å²) in [6.07, 6.45) is 3.32. The van der Waals surface area contributed by atoms with Crippen molar-refractivity contribution in [2.75, 3.05) is 36.1 Å². The number of fused-ring (bicyclic) bond motifs is 1. The molecule has 3 amide bonds. The zero-order valence-corrected chi connectivity index (χ0v) is 28.7. The summed E-state index contributed by atoms with van der Waals surface area (Å²) in [4.78, 5) is 48.5. The van der Waals surface area contributed by atoms with Crippen LogP contribution < -0.4 is 14.5 Å². The van der Waals surface area contributed by atoms with Crippen molar-refractivity contribution in [3.8, 4) is 5.75 Å². The first-order valence-electron chi connectivity index (χ1n) is 15.7. The lowest BCUT2D eigenvalue weighted by molar-refractivity contribution is -0.144. The molecule has 3 unspecified atom stereocenters. The van der Waals surface area contributed by atoms with E-state index in [1.54, 1.807) is 47.4 Å². The summed E-state index contributed by atoms with van der Waals surface area (Å²) in [5.41, 5.74) is 0.602. The van der Waals surface area contributed by atoms with Crippen LogP contribution in [0.25, 0.3) is 0 Å². The maximum atomic E-state index is 14.9. The van der Waals surface area contributed by atoms with Gasteiger partial charge >= 0.3 is 0 Å². The number of nitrogens with zero attached hydrogens (tertiary/aromatic N) is 3. The van der Waals surface area contributed by atoms with Crippen molar-refractivity contribution in [3.05, 3.63) is 78.4 Å². The summed E-state index contributed by atoms with van der Waals surface area (Å²) in [6.45, 7) is 13.9. The number of aryl methyl sites for hydroxylation is 1. The standard InChI is InChI=1S/C35H41BrClN3O6/c1-6-17-38(23-13-15-24(16-14-23)45-9-4)32(42)27-28-33(43)40(22(8-3)20-41)31(35(28)19-25(36)30(27)46-35)34(44)39(18-7-2)29-21(5)11-10-12-26(29)37/h6-7,10-16,22,25,27-28,30-31,41H,1-2,8-9,17-20H2,3-5H3/t22-,25?,27+,28-,30+,31?,35?/m0/s1. The lowest BCUT2D eigenvalue weighted by atomic mass is 9.70. The van der Waals surface area contributed by atoms with Crippen molar-refractivity contribution in [3.63, 3.8) is 0 Å². The molecule has 0 aromatic heterocycles. The van der Waals surface area contributed by atoms with E-state index >= 15 is 0 Å². The number of para-hydroxylation sites is 1. The number of hydrogen-bond acceptors (Lipinski definition) is 6. The minimum Gasteiger partial charge on any atom is -0.494 e. The van der Waals surface area contributed by atoms with Gasteiger partial charge in [-0.25, -0.2) is 0 Å². The Balaban J connectivity index is 1.61. The molecule has 0 aliphatic carbocycles. The quantitative estimate of drug-likeness (QED) is 0.223. The average molecular weight is 715 g/mol. The van der Waals surface area contributed by atoms with Gasteiger partial charge in [-0.1, -0.05) is 58.7 Å². The van der Waals surface area contributed by atoms with Crippen LogP contribution in [-0.2, 0) is 19.1 Å². The Morgan fingerprint density at radius 3 is 2.41 bits per heavy atom. The second-order valence-corrected chi connectivity index (χ2v) is 13.5. The summed E-state index contributed by atoms with van der Waals surface area (Å²) in [5.74, 6) is -2.23. The Morgan fingerprint density at radius 1 is 1.15 bits per heavy atom. The highest BCUT2D eigenvalue weighted by Crippen LogP contribution is 2.61. The highest BCUT2D eigenvalue weighted by atomic mass is 79.9. The van der Waals surface area contributed by atoms with Gasteiger partial charge in [0.15, 0.2) is 0 Å². The summed E-state index contributed by atoms with van der Waals surface area (Å²) < 4.78 is 12.3. The van der Waals surface area contributed by atoms with Crippen molar-refractivity contribution < 1.29 is 29.0 Å². The van der Waals surface area contributed by atoms with Crippen molar-refractivity contribution in [1.29, 1.82) is 0 Å². The van der Waals surface area contributed by atoms with Gasteiger partial charge in [0.1, 0.15) is 17.4 Å². The van der Waals surface area contributed by atoms with Crippen LogP contribution in [0.3, 0.4) is 0 Å². The molecule has 9 nitrogen and oxygen atoms in total. The van der Waals surface area contributed by atoms with Gasteiger partial charge in [0.05, 0.1) is 47.9 Å². The third-order valence-electron chi connectivity index (χ3n) is 9.39. The molecule has 1 N–H and O–H groups in total. The first-order chi connectivity index (χ1) is 22.1. The molecule has 2 aromatic rings. The summed E-state index contributed by atoms with van der Waals surface area (Å²) >= 11 is 10.4. The number of alkyl halides is 1. The predicted molar refractivity (Wildman–Crippen MR) is 183 cm³/mol. The number of carbonyl (C=O) groups is 3. The van der Waals surface area contributed by atoms with Gasteiger partial charge < -0.3 is 29.3 Å². The number of rotatable bonds is 13. The molecule has 3 aliphatic heterocycles. The molecular formula is C35H41BrClN3O6. The SMILES string of the molecule is C=CCN(C(=O)[C@H]1[C@@H]2OC3(CC2Br)C(C(=O)N(CC=C)c2c(C)cccc2Cl)N([C@@H](CC)CO)C(=O)[C@H]13)c1ccc(OCC)cc1. The summed E-state index contributed by atoms with van der Waals surface area (Å²) in [5, 5.41) is 10.9. The second kappa shape index (κ2) is 13.9. The number of amides is 3. The van der Waals surface area contributed by atoms with Crippen LogP contribution in [0.15, 0.2) is 67.8 Å². The minimum absolute atomic E-state index is 0.132. The van der Waals surface area contributed by atoms with E-state index in [2.05, 4.69) is 29.1 Å². The Morgan fingerprint density at radius 2 is 1.83 bits per heavy atom. The van der Waals surface area contributed by atoms with Gasteiger partial charge in [0.25, 0.3) is 5.91 Å². The van der Waals surface area contributed by atoms with E-state index < -0.39 is 41.5 Å². The van der Waals surface area contributed by atoms with Crippen molar-refractivity contribution >= 4 is 56.6 Å². The molecule has 246 valence electrons. The van der Waals surface area contributed by atoms with Crippen molar-refractivity contribution in [2.24, 2.45) is 11.8 Å². The molecule has 46 heavy (non-hydrogen) atoms. The Hall–Kier alpha value is -3.18. The maximum absolute atomic E-state index is 14.9. The van der Waals surface area contributed by atoms with E-state index in [1.807, 2.05) is 32.9 Å². The first kappa shape index (κ1) is 34.2. The molecule has 2 aromatic carbocycles. The largest absolute Gasteiger partial charge is 0.494 e. The lowest BCUT2D eigenvalue weighted by Crippen LogP contribution is -2.59. The van der Waals surface area contributed by atoms with Crippen LogP contribution in [0.2, 0.25) is 5.02 Å². The van der Waals surface area contributed by atoms with E-state index in [0.29, 0.717) is 41.6 Å². The van der Waals surface area contributed by atoms with Crippen LogP contribution in [0, 0.1) is 18.8 Å². The summed E-state index contributed by atoms with van der Waals surface area (Å²) in [6, 6.07) is 10.8. The molecular weight excluding hydrogens is 674 g/mol. The molecule has 1 spiro atoms. The number of anilines is 2. The molecule has 0 radical (unpaired) electrons. The number of aliphatic hydroxyl groups is 1. The molecule has 3 heterocycles. The van der Waals surface area contributed by atoms with Crippen LogP contribution in [0.4, 0.5) is 11.4 Å². The highest BCUT2D eigenvalue weighted by molar-refractivity contribution is 9.09. The number of hydrogen-bond donors (Lipinski definition) is 1. The minimum atomic E-state index is -1.32. The fourth-order valence-corrected chi connectivity index (χ4v) is 8.76. The van der Waals surface area contributed by atoms with E-state index in [4.69, 9.17) is 21.1 Å². The van der Waals surface area contributed by atoms with Gasteiger partial charge in [-0.2, -0.15) is 0 Å². The number of benzene rings is 2. The molecule has 7 atom stereocenters. The predicted octanol–water partition coefficient (Wildman–Crippen LogP) is 5.30. The van der Waals surface area contributed by atoms with E-state index in [9.17, 15) is 19.5 Å². The zero-order valence-electron chi connectivity index (χ0n) is 26.4. The van der Waals surface area contributed by atoms with Crippen LogP contribution in [0.5, 0.6) is 5.75 Å². The fraction of sp³-hybridized carbons (Fsp3) is 0.457. The molecule has 2 bridgehead atoms. The molecule has 5 rings (SSSR count). The van der Waals surface area contributed by atoms with Gasteiger partial charge in [0, 0.05) is 23.6 Å². The van der Waals surface area contributed by atoms with Gasteiger partial charge in [0.2, 0.25) is 11.8 Å². The highest BCUT2D eigenvalue weighted by Gasteiger charge is 2.77. The number of ether oxygens (including phenoxy) is 2. The number of halogens is 2. The van der Waals surface area contributed by atoms with Crippen LogP contribution in [-0.4, -0.2) is 82.6 Å². The van der Waals surface area contributed by atoms with E-state index in [-0.39, 0.29) is 36.3 Å². The number of carbonyl (C=O) groups excluding carboxylic acids is 3. The maximum Gasteiger partial charge on any atom is 0.253 e. The van der Waals surface area contributed by atoms with Gasteiger partial charge in [-0.3, -0.25) is 14.4 Å². The molecule has 0 saturated carbocycles. The second-order valence-electron chi connectivity index (χ2n) is 12.0. The van der Waals surface area contributed by atoms with Gasteiger partial charge in [-0.05, 0) is 62.6 Å². The van der Waals surface area contributed by atoms with Crippen LogP contribution in [0.1, 0.15) is 32.3 Å². The average Bonchev–Trinajstić information content (AvgIpc) is 3.63. The van der Waals surface area contributed by atoms with Crippen molar-refractivity contribution in [1.82, 2.24) is 4.90 Å². The topological polar surface area (TPSA) is 99.6 Å². The number of likely N-dealkylation sites (tertiary alicyclic amines) is 1. The van der Waals surface area contributed by atoms with Gasteiger partial charge in [-0.15, -0.1) is 13.2 Å². The number of aliphatic hydroxyl groups excluding tert-OH is 1. The Labute approximate surface area is 283 Å². The lowest BCUT2D eigenvalue weighted by Gasteiger charge is -2.39. The smallest absolute Gasteiger partial charge is 0.253 e. The van der Waals surface area contributed by atoms with Crippen LogP contribution >= 0.6 is 27.5 Å². The normalized spacial score (nSPS) is 26.9. The third kappa shape index (κ3) is 5.57.